The second kappa shape index (κ2) is 10.8. The minimum absolute atomic E-state index is 0.219. The number of carbonyl (C=O) groups is 1. The van der Waals surface area contributed by atoms with Crippen molar-refractivity contribution in [2.45, 2.75) is 71.5 Å². The summed E-state index contributed by atoms with van der Waals surface area (Å²) in [6.07, 6.45) is 9.28. The first-order chi connectivity index (χ1) is 17.8. The Labute approximate surface area is 221 Å². The van der Waals surface area contributed by atoms with Crippen LogP contribution in [0.2, 0.25) is 0 Å². The van der Waals surface area contributed by atoms with E-state index >= 15 is 0 Å². The number of rotatable bonds is 5. The molecule has 37 heavy (non-hydrogen) atoms. The maximum Gasteiger partial charge on any atom is 0.410 e. The summed E-state index contributed by atoms with van der Waals surface area (Å²) < 4.78 is 12.0. The predicted octanol–water partition coefficient (Wildman–Crippen LogP) is 4.71. The molecule has 0 N–H and O–H groups in total. The largest absolute Gasteiger partial charge is 0.490 e. The Bertz CT molecular complexity index is 1070. The third kappa shape index (κ3) is 6.11. The van der Waals surface area contributed by atoms with E-state index in [1.807, 2.05) is 38.1 Å². The summed E-state index contributed by atoms with van der Waals surface area (Å²) in [4.78, 5) is 28.1. The summed E-state index contributed by atoms with van der Waals surface area (Å²) in [7, 11) is 0. The van der Waals surface area contributed by atoms with Gasteiger partial charge in [-0.3, -0.25) is 0 Å². The zero-order valence-electron chi connectivity index (χ0n) is 22.8. The number of amides is 1. The molecule has 0 bridgehead atoms. The van der Waals surface area contributed by atoms with Gasteiger partial charge in [-0.15, -0.1) is 0 Å². The minimum atomic E-state index is -0.463. The van der Waals surface area contributed by atoms with Crippen LogP contribution in [0.1, 0.15) is 58.1 Å². The predicted molar refractivity (Wildman–Crippen MR) is 146 cm³/mol. The molecule has 0 radical (unpaired) electrons. The third-order valence-electron chi connectivity index (χ3n) is 7.62. The lowest BCUT2D eigenvalue weighted by Crippen LogP contribution is -2.50. The molecule has 2 aromatic rings. The Balaban J connectivity index is 1.12. The van der Waals surface area contributed by atoms with Gasteiger partial charge >= 0.3 is 6.09 Å². The normalized spacial score (nSPS) is 20.5. The van der Waals surface area contributed by atoms with Crippen molar-refractivity contribution in [3.8, 4) is 5.75 Å². The molecule has 1 aromatic carbocycles. The van der Waals surface area contributed by atoms with Crippen molar-refractivity contribution in [2.24, 2.45) is 5.92 Å². The molecule has 8 nitrogen and oxygen atoms in total. The van der Waals surface area contributed by atoms with Gasteiger partial charge in [-0.2, -0.15) is 0 Å². The second-order valence-electron chi connectivity index (χ2n) is 11.6. The SMILES string of the molecule is CCCc1cnc(N2CCC(C3Cc4cc(N5CCN(C(=O)OC(C)(C)C)CC5)ccc4O3)CC2)nc1. The van der Waals surface area contributed by atoms with Gasteiger partial charge in [0.2, 0.25) is 5.95 Å². The van der Waals surface area contributed by atoms with Gasteiger partial charge < -0.3 is 24.2 Å². The van der Waals surface area contributed by atoms with E-state index in [0.29, 0.717) is 19.0 Å². The fraction of sp³-hybridized carbons (Fsp3) is 0.621. The summed E-state index contributed by atoms with van der Waals surface area (Å²) in [5, 5.41) is 0. The molecule has 1 amide bonds. The number of hydrogen-bond acceptors (Lipinski definition) is 7. The molecular weight excluding hydrogens is 466 g/mol. The quantitative estimate of drug-likeness (QED) is 0.581. The number of benzene rings is 1. The summed E-state index contributed by atoms with van der Waals surface area (Å²) in [5.74, 6) is 2.42. The average Bonchev–Trinajstić information content (AvgIpc) is 3.32. The standard InChI is InChI=1S/C29H41N5O3/c1-5-6-21-19-30-27(31-20-21)33-11-9-22(10-12-33)26-18-23-17-24(7-8-25(23)36-26)32-13-15-34(16-14-32)28(35)37-29(2,3)4/h7-8,17,19-20,22,26H,5-6,9-16,18H2,1-4H3. The fourth-order valence-corrected chi connectivity index (χ4v) is 5.60. The number of ether oxygens (including phenoxy) is 2. The van der Waals surface area contributed by atoms with Crippen LogP contribution in [-0.4, -0.2) is 71.9 Å². The molecule has 1 aromatic heterocycles. The van der Waals surface area contributed by atoms with Crippen molar-refractivity contribution in [1.29, 1.82) is 0 Å². The molecule has 3 aliphatic heterocycles. The second-order valence-corrected chi connectivity index (χ2v) is 11.6. The van der Waals surface area contributed by atoms with Crippen LogP contribution in [0, 0.1) is 5.92 Å². The van der Waals surface area contributed by atoms with Crippen molar-refractivity contribution in [2.75, 3.05) is 49.1 Å². The van der Waals surface area contributed by atoms with E-state index in [1.54, 1.807) is 0 Å². The van der Waals surface area contributed by atoms with Gasteiger partial charge in [-0.1, -0.05) is 13.3 Å². The van der Waals surface area contributed by atoms with Crippen LogP contribution in [0.5, 0.6) is 5.75 Å². The number of carbonyl (C=O) groups excluding carboxylic acids is 1. The van der Waals surface area contributed by atoms with Crippen LogP contribution in [0.15, 0.2) is 30.6 Å². The Morgan fingerprint density at radius 1 is 1.03 bits per heavy atom. The highest BCUT2D eigenvalue weighted by Crippen LogP contribution is 2.37. The average molecular weight is 508 g/mol. The molecule has 200 valence electrons. The van der Waals surface area contributed by atoms with E-state index in [0.717, 1.165) is 70.0 Å². The first-order valence-electron chi connectivity index (χ1n) is 13.9. The Morgan fingerprint density at radius 3 is 2.38 bits per heavy atom. The number of piperazine rings is 1. The van der Waals surface area contributed by atoms with Crippen molar-refractivity contribution in [1.82, 2.24) is 14.9 Å². The Morgan fingerprint density at radius 2 is 1.73 bits per heavy atom. The summed E-state index contributed by atoms with van der Waals surface area (Å²) in [6.45, 7) is 12.8. The maximum absolute atomic E-state index is 12.4. The Kier molecular flexibility index (Phi) is 7.45. The van der Waals surface area contributed by atoms with Crippen molar-refractivity contribution < 1.29 is 14.3 Å². The molecule has 0 aliphatic carbocycles. The number of aryl methyl sites for hydroxylation is 1. The molecule has 5 rings (SSSR count). The van der Waals surface area contributed by atoms with E-state index in [9.17, 15) is 4.79 Å². The van der Waals surface area contributed by atoms with Crippen molar-refractivity contribution in [3.63, 3.8) is 0 Å². The smallest absolute Gasteiger partial charge is 0.410 e. The van der Waals surface area contributed by atoms with Gasteiger partial charge in [0, 0.05) is 63.8 Å². The van der Waals surface area contributed by atoms with E-state index in [4.69, 9.17) is 9.47 Å². The van der Waals surface area contributed by atoms with Gasteiger partial charge in [0.25, 0.3) is 0 Å². The van der Waals surface area contributed by atoms with Crippen molar-refractivity contribution >= 4 is 17.7 Å². The first-order valence-corrected chi connectivity index (χ1v) is 13.9. The van der Waals surface area contributed by atoms with E-state index in [1.165, 1.54) is 16.8 Å². The lowest BCUT2D eigenvalue weighted by Gasteiger charge is -2.36. The molecule has 1 atom stereocenters. The van der Waals surface area contributed by atoms with Gasteiger partial charge in [-0.05, 0) is 75.3 Å². The minimum Gasteiger partial charge on any atom is -0.490 e. The molecule has 1 unspecified atom stereocenters. The number of hydrogen-bond donors (Lipinski definition) is 0. The topological polar surface area (TPSA) is 71.0 Å². The molecule has 8 heteroatoms. The molecule has 0 saturated carbocycles. The van der Waals surface area contributed by atoms with Gasteiger partial charge in [0.05, 0.1) is 0 Å². The number of anilines is 2. The summed E-state index contributed by atoms with van der Waals surface area (Å²) >= 11 is 0. The van der Waals surface area contributed by atoms with Crippen LogP contribution >= 0.6 is 0 Å². The number of piperidine rings is 1. The summed E-state index contributed by atoms with van der Waals surface area (Å²) in [5.41, 5.74) is 3.26. The lowest BCUT2D eigenvalue weighted by atomic mass is 9.89. The molecule has 2 saturated heterocycles. The van der Waals surface area contributed by atoms with Gasteiger partial charge in [0.15, 0.2) is 0 Å². The Hall–Kier alpha value is -3.03. The molecule has 2 fully saturated rings. The van der Waals surface area contributed by atoms with Crippen molar-refractivity contribution in [3.05, 3.63) is 41.7 Å². The fourth-order valence-electron chi connectivity index (χ4n) is 5.60. The molecule has 3 aliphatic rings. The molecule has 0 spiro atoms. The third-order valence-corrected chi connectivity index (χ3v) is 7.62. The van der Waals surface area contributed by atoms with Crippen LogP contribution in [0.3, 0.4) is 0 Å². The van der Waals surface area contributed by atoms with Crippen LogP contribution < -0.4 is 14.5 Å². The highest BCUT2D eigenvalue weighted by atomic mass is 16.6. The number of fused-ring (bicyclic) bond motifs is 1. The van der Waals surface area contributed by atoms with Crippen LogP contribution in [-0.2, 0) is 17.6 Å². The van der Waals surface area contributed by atoms with Gasteiger partial charge in [-0.25, -0.2) is 14.8 Å². The number of nitrogens with zero attached hydrogens (tertiary/aromatic N) is 5. The monoisotopic (exact) mass is 507 g/mol. The molecular formula is C29H41N5O3. The lowest BCUT2D eigenvalue weighted by molar-refractivity contribution is 0.0240. The van der Waals surface area contributed by atoms with Crippen LogP contribution in [0.4, 0.5) is 16.4 Å². The molecule has 4 heterocycles. The zero-order chi connectivity index (χ0) is 26.0. The maximum atomic E-state index is 12.4. The zero-order valence-corrected chi connectivity index (χ0v) is 22.8. The number of aromatic nitrogens is 2. The highest BCUT2D eigenvalue weighted by Gasteiger charge is 2.34. The summed E-state index contributed by atoms with van der Waals surface area (Å²) in [6, 6.07) is 6.58. The van der Waals surface area contributed by atoms with E-state index in [2.05, 4.69) is 44.9 Å². The van der Waals surface area contributed by atoms with E-state index < -0.39 is 5.60 Å². The first kappa shape index (κ1) is 25.6. The van der Waals surface area contributed by atoms with Gasteiger partial charge in [0.1, 0.15) is 17.5 Å². The van der Waals surface area contributed by atoms with E-state index in [-0.39, 0.29) is 12.2 Å². The van der Waals surface area contributed by atoms with Crippen LogP contribution in [0.25, 0.3) is 0 Å². The highest BCUT2D eigenvalue weighted by molar-refractivity contribution is 5.68.